The highest BCUT2D eigenvalue weighted by Gasteiger charge is 2.31. The summed E-state index contributed by atoms with van der Waals surface area (Å²) in [5, 5.41) is 9.30. The van der Waals surface area contributed by atoms with E-state index in [1.54, 1.807) is 13.8 Å². The van der Waals surface area contributed by atoms with Gasteiger partial charge in [-0.05, 0) is 26.7 Å². The molecule has 4 heteroatoms. The lowest BCUT2D eigenvalue weighted by Gasteiger charge is -2.25. The van der Waals surface area contributed by atoms with Gasteiger partial charge in [-0.1, -0.05) is 19.3 Å². The highest BCUT2D eigenvalue weighted by Crippen LogP contribution is 2.25. The lowest BCUT2D eigenvalue weighted by atomic mass is 10.0. The molecule has 0 aromatic carbocycles. The average Bonchev–Trinajstić information content (AvgIpc) is 2.01. The third-order valence-corrected chi connectivity index (χ3v) is 5.21. The van der Waals surface area contributed by atoms with E-state index in [1.807, 2.05) is 0 Å². The summed E-state index contributed by atoms with van der Waals surface area (Å²) in [4.78, 5) is 0. The van der Waals surface area contributed by atoms with Crippen molar-refractivity contribution in [2.24, 2.45) is 0 Å². The number of rotatable bonds is 3. The van der Waals surface area contributed by atoms with Gasteiger partial charge < -0.3 is 5.11 Å². The zero-order valence-corrected chi connectivity index (χ0v) is 9.81. The van der Waals surface area contributed by atoms with Gasteiger partial charge in [0.25, 0.3) is 0 Å². The van der Waals surface area contributed by atoms with E-state index in [1.165, 1.54) is 0 Å². The first-order valence-electron chi connectivity index (χ1n) is 5.25. The Morgan fingerprint density at radius 1 is 1.21 bits per heavy atom. The largest absolute Gasteiger partial charge is 0.389 e. The molecule has 0 heterocycles. The second kappa shape index (κ2) is 4.19. The minimum atomic E-state index is -3.09. The minimum Gasteiger partial charge on any atom is -0.389 e. The second-order valence-corrected chi connectivity index (χ2v) is 7.16. The molecule has 1 aliphatic carbocycles. The maximum absolute atomic E-state index is 11.8. The van der Waals surface area contributed by atoms with Crippen LogP contribution in [0.4, 0.5) is 0 Å². The molecule has 14 heavy (non-hydrogen) atoms. The second-order valence-electron chi connectivity index (χ2n) is 4.88. The van der Waals surface area contributed by atoms with Gasteiger partial charge >= 0.3 is 0 Å². The van der Waals surface area contributed by atoms with Gasteiger partial charge in [0.05, 0.1) is 16.6 Å². The summed E-state index contributed by atoms with van der Waals surface area (Å²) in [6.45, 7) is 3.10. The zero-order chi connectivity index (χ0) is 10.8. The SMILES string of the molecule is CC(C)(O)CS(=O)(=O)C1CCCCC1. The molecule has 0 amide bonds. The molecular formula is C10H20O3S. The fourth-order valence-corrected chi connectivity index (χ4v) is 4.31. The van der Waals surface area contributed by atoms with Crippen molar-refractivity contribution in [3.8, 4) is 0 Å². The van der Waals surface area contributed by atoms with Crippen molar-refractivity contribution in [1.82, 2.24) is 0 Å². The summed E-state index contributed by atoms with van der Waals surface area (Å²) in [5.41, 5.74) is -1.10. The molecule has 1 aliphatic rings. The summed E-state index contributed by atoms with van der Waals surface area (Å²) >= 11 is 0. The van der Waals surface area contributed by atoms with Crippen LogP contribution in [0.3, 0.4) is 0 Å². The van der Waals surface area contributed by atoms with E-state index in [2.05, 4.69) is 0 Å². The maximum atomic E-state index is 11.8. The van der Waals surface area contributed by atoms with Crippen molar-refractivity contribution >= 4 is 9.84 Å². The van der Waals surface area contributed by atoms with E-state index in [0.717, 1.165) is 32.1 Å². The number of hydrogen-bond acceptors (Lipinski definition) is 3. The molecule has 0 unspecified atom stereocenters. The first-order valence-corrected chi connectivity index (χ1v) is 6.97. The van der Waals surface area contributed by atoms with E-state index in [4.69, 9.17) is 0 Å². The Balaban J connectivity index is 2.64. The van der Waals surface area contributed by atoms with Gasteiger partial charge in [-0.2, -0.15) is 0 Å². The van der Waals surface area contributed by atoms with Gasteiger partial charge in [-0.25, -0.2) is 8.42 Å². The van der Waals surface area contributed by atoms with Crippen molar-refractivity contribution in [3.05, 3.63) is 0 Å². The number of aliphatic hydroxyl groups is 1. The topological polar surface area (TPSA) is 54.4 Å². The molecular weight excluding hydrogens is 200 g/mol. The van der Waals surface area contributed by atoms with Gasteiger partial charge in [0.1, 0.15) is 0 Å². The third-order valence-electron chi connectivity index (χ3n) is 2.61. The predicted octanol–water partition coefficient (Wildman–Crippen LogP) is 1.50. The van der Waals surface area contributed by atoms with Crippen LogP contribution < -0.4 is 0 Å². The smallest absolute Gasteiger partial charge is 0.155 e. The van der Waals surface area contributed by atoms with E-state index in [9.17, 15) is 13.5 Å². The average molecular weight is 220 g/mol. The van der Waals surface area contributed by atoms with Crippen LogP contribution in [0.5, 0.6) is 0 Å². The number of hydrogen-bond donors (Lipinski definition) is 1. The van der Waals surface area contributed by atoms with Crippen LogP contribution in [-0.2, 0) is 9.84 Å². The van der Waals surface area contributed by atoms with Crippen molar-refractivity contribution < 1.29 is 13.5 Å². The molecule has 1 N–H and O–H groups in total. The molecule has 1 rings (SSSR count). The standard InChI is InChI=1S/C10H20O3S/c1-10(2,11)8-14(12,13)9-6-4-3-5-7-9/h9,11H,3-8H2,1-2H3. The van der Waals surface area contributed by atoms with E-state index in [0.29, 0.717) is 0 Å². The van der Waals surface area contributed by atoms with Crippen molar-refractivity contribution in [1.29, 1.82) is 0 Å². The van der Waals surface area contributed by atoms with Crippen molar-refractivity contribution in [2.45, 2.75) is 56.8 Å². The van der Waals surface area contributed by atoms with Gasteiger partial charge in [-0.3, -0.25) is 0 Å². The van der Waals surface area contributed by atoms with Crippen LogP contribution in [0.2, 0.25) is 0 Å². The summed E-state index contributed by atoms with van der Waals surface area (Å²) in [5.74, 6) is -0.106. The molecule has 1 fully saturated rings. The molecule has 0 radical (unpaired) electrons. The highest BCUT2D eigenvalue weighted by molar-refractivity contribution is 7.92. The summed E-state index contributed by atoms with van der Waals surface area (Å²) in [6.07, 6.45) is 4.72. The molecule has 1 saturated carbocycles. The Bertz CT molecular complexity index is 268. The molecule has 0 aromatic heterocycles. The molecule has 0 aliphatic heterocycles. The van der Waals surface area contributed by atoms with Crippen LogP contribution in [0.1, 0.15) is 46.0 Å². The Labute approximate surface area is 86.4 Å². The Morgan fingerprint density at radius 3 is 2.14 bits per heavy atom. The molecule has 0 bridgehead atoms. The van der Waals surface area contributed by atoms with Crippen LogP contribution >= 0.6 is 0 Å². The predicted molar refractivity (Wildman–Crippen MR) is 57.0 cm³/mol. The first kappa shape index (κ1) is 12.0. The van der Waals surface area contributed by atoms with Crippen LogP contribution in [0, 0.1) is 0 Å². The van der Waals surface area contributed by atoms with Crippen molar-refractivity contribution in [2.75, 3.05) is 5.75 Å². The molecule has 0 spiro atoms. The monoisotopic (exact) mass is 220 g/mol. The fraction of sp³-hybridized carbons (Fsp3) is 1.00. The molecule has 3 nitrogen and oxygen atoms in total. The Hall–Kier alpha value is -0.0900. The molecule has 0 aromatic rings. The maximum Gasteiger partial charge on any atom is 0.155 e. The molecule has 0 atom stereocenters. The first-order chi connectivity index (χ1) is 6.31. The van der Waals surface area contributed by atoms with Crippen LogP contribution in [0.15, 0.2) is 0 Å². The Morgan fingerprint density at radius 2 is 1.71 bits per heavy atom. The molecule has 0 saturated heterocycles. The van der Waals surface area contributed by atoms with Crippen LogP contribution in [-0.4, -0.2) is 30.1 Å². The highest BCUT2D eigenvalue weighted by atomic mass is 32.2. The molecule has 84 valence electrons. The lowest BCUT2D eigenvalue weighted by molar-refractivity contribution is 0.104. The quantitative estimate of drug-likeness (QED) is 0.784. The summed E-state index contributed by atoms with van der Waals surface area (Å²) in [7, 11) is -3.09. The normalized spacial score (nSPS) is 21.1. The third kappa shape index (κ3) is 3.58. The summed E-state index contributed by atoms with van der Waals surface area (Å²) in [6, 6.07) is 0. The van der Waals surface area contributed by atoms with E-state index >= 15 is 0 Å². The van der Waals surface area contributed by atoms with Gasteiger partial charge in [-0.15, -0.1) is 0 Å². The minimum absolute atomic E-state index is 0.106. The van der Waals surface area contributed by atoms with Gasteiger partial charge in [0, 0.05) is 0 Å². The van der Waals surface area contributed by atoms with Gasteiger partial charge in [0.2, 0.25) is 0 Å². The Kier molecular flexibility index (Phi) is 3.58. The lowest BCUT2D eigenvalue weighted by Crippen LogP contribution is -2.36. The zero-order valence-electron chi connectivity index (χ0n) is 8.99. The fourth-order valence-electron chi connectivity index (χ4n) is 2.03. The van der Waals surface area contributed by atoms with E-state index in [-0.39, 0.29) is 11.0 Å². The van der Waals surface area contributed by atoms with Crippen LogP contribution in [0.25, 0.3) is 0 Å². The van der Waals surface area contributed by atoms with E-state index < -0.39 is 15.4 Å². The van der Waals surface area contributed by atoms with Gasteiger partial charge in [0.15, 0.2) is 9.84 Å². The van der Waals surface area contributed by atoms with Crippen molar-refractivity contribution in [3.63, 3.8) is 0 Å². The summed E-state index contributed by atoms with van der Waals surface area (Å²) < 4.78 is 23.7. The number of sulfone groups is 1.